The summed E-state index contributed by atoms with van der Waals surface area (Å²) in [4.78, 5) is 4.25. The minimum absolute atomic E-state index is 0.479. The van der Waals surface area contributed by atoms with Gasteiger partial charge >= 0.3 is 0 Å². The molecule has 2 aromatic heterocycles. The molecular weight excluding hydrogens is 352 g/mol. The summed E-state index contributed by atoms with van der Waals surface area (Å²) in [6, 6.07) is 14.0. The van der Waals surface area contributed by atoms with Crippen molar-refractivity contribution in [1.29, 1.82) is 0 Å². The highest BCUT2D eigenvalue weighted by Gasteiger charge is 2.05. The Bertz CT molecular complexity index is 762. The number of ether oxygens (including phenoxy) is 1. The van der Waals surface area contributed by atoms with E-state index in [9.17, 15) is 0 Å². The van der Waals surface area contributed by atoms with Crippen molar-refractivity contribution in [3.8, 4) is 5.75 Å². The summed E-state index contributed by atoms with van der Waals surface area (Å²) in [6.45, 7) is 3.54. The maximum atomic E-state index is 5.75. The average molecular weight is 373 g/mol. The Morgan fingerprint density at radius 3 is 2.76 bits per heavy atom. The number of hydrogen-bond donors (Lipinski definition) is 1. The first-order chi connectivity index (χ1) is 12.3. The number of hydrogen-bond acceptors (Lipinski definition) is 7. The number of nitrogens with one attached hydrogen (secondary N) is 1. The number of anilines is 1. The first-order valence-electron chi connectivity index (χ1n) is 8.15. The van der Waals surface area contributed by atoms with E-state index in [1.165, 1.54) is 5.56 Å². The predicted octanol–water partition coefficient (Wildman–Crippen LogP) is 4.63. The Morgan fingerprint density at radius 1 is 1.12 bits per heavy atom. The molecule has 130 valence electrons. The van der Waals surface area contributed by atoms with Gasteiger partial charge in [-0.1, -0.05) is 48.2 Å². The highest BCUT2D eigenvalue weighted by molar-refractivity contribution is 8.00. The van der Waals surface area contributed by atoms with E-state index in [1.54, 1.807) is 29.3 Å². The number of rotatable bonds is 9. The molecular formula is C18H20N4OS2. The Labute approximate surface area is 155 Å². The van der Waals surface area contributed by atoms with Crippen molar-refractivity contribution in [3.05, 3.63) is 59.9 Å². The maximum Gasteiger partial charge on any atom is 0.206 e. The van der Waals surface area contributed by atoms with Crippen LogP contribution in [0.4, 0.5) is 5.13 Å². The lowest BCUT2D eigenvalue weighted by Gasteiger charge is -2.06. The Morgan fingerprint density at radius 2 is 2.00 bits per heavy atom. The Balaban J connectivity index is 1.46. The topological polar surface area (TPSA) is 59.9 Å². The number of benzene rings is 1. The summed E-state index contributed by atoms with van der Waals surface area (Å²) in [5.74, 6) is 1.71. The lowest BCUT2D eigenvalue weighted by molar-refractivity contribution is 0.301. The Kier molecular flexibility index (Phi) is 6.64. The fraction of sp³-hybridized carbons (Fsp3) is 0.278. The molecule has 0 atom stereocenters. The van der Waals surface area contributed by atoms with Crippen LogP contribution in [-0.2, 0) is 12.4 Å². The molecule has 0 saturated heterocycles. The number of aromatic nitrogens is 3. The lowest BCUT2D eigenvalue weighted by Crippen LogP contribution is -1.98. The summed E-state index contributed by atoms with van der Waals surface area (Å²) in [7, 11) is 0. The van der Waals surface area contributed by atoms with E-state index in [4.69, 9.17) is 4.74 Å². The minimum Gasteiger partial charge on any atom is -0.487 e. The fourth-order valence-electron chi connectivity index (χ4n) is 2.04. The van der Waals surface area contributed by atoms with E-state index in [0.717, 1.165) is 39.6 Å². The zero-order valence-corrected chi connectivity index (χ0v) is 15.6. The van der Waals surface area contributed by atoms with Gasteiger partial charge in [-0.25, -0.2) is 0 Å². The molecule has 7 heteroatoms. The van der Waals surface area contributed by atoms with Crippen LogP contribution in [0, 0.1) is 0 Å². The Hall–Kier alpha value is -2.12. The van der Waals surface area contributed by atoms with Gasteiger partial charge < -0.3 is 10.1 Å². The molecule has 0 bridgehead atoms. The summed E-state index contributed by atoms with van der Waals surface area (Å²) in [6.07, 6.45) is 2.85. The second-order valence-electron chi connectivity index (χ2n) is 5.34. The number of pyridine rings is 1. The fourth-order valence-corrected chi connectivity index (χ4v) is 3.77. The van der Waals surface area contributed by atoms with E-state index in [0.29, 0.717) is 6.61 Å². The van der Waals surface area contributed by atoms with Gasteiger partial charge in [0, 0.05) is 18.5 Å². The van der Waals surface area contributed by atoms with E-state index in [2.05, 4.69) is 39.6 Å². The van der Waals surface area contributed by atoms with Crippen molar-refractivity contribution in [2.45, 2.75) is 30.0 Å². The van der Waals surface area contributed by atoms with E-state index in [-0.39, 0.29) is 0 Å². The molecule has 0 spiro atoms. The third-order valence-electron chi connectivity index (χ3n) is 3.33. The van der Waals surface area contributed by atoms with Crippen molar-refractivity contribution < 1.29 is 4.74 Å². The van der Waals surface area contributed by atoms with Gasteiger partial charge in [-0.3, -0.25) is 4.98 Å². The van der Waals surface area contributed by atoms with Gasteiger partial charge in [0.1, 0.15) is 12.4 Å². The van der Waals surface area contributed by atoms with Crippen LogP contribution in [0.15, 0.2) is 53.0 Å². The molecule has 0 amide bonds. The molecule has 0 aliphatic heterocycles. The van der Waals surface area contributed by atoms with Crippen LogP contribution in [0.1, 0.15) is 24.6 Å². The molecule has 0 aliphatic rings. The lowest BCUT2D eigenvalue weighted by atomic mass is 10.2. The SMILES string of the molecule is CCCNc1nnc(SCc2ccc(OCc3ccccn3)cc2)s1. The van der Waals surface area contributed by atoms with Crippen LogP contribution in [-0.4, -0.2) is 21.7 Å². The normalized spacial score (nSPS) is 10.6. The van der Waals surface area contributed by atoms with E-state index in [1.807, 2.05) is 30.3 Å². The molecule has 0 radical (unpaired) electrons. The molecule has 0 unspecified atom stereocenters. The average Bonchev–Trinajstić information content (AvgIpc) is 3.12. The zero-order chi connectivity index (χ0) is 17.3. The van der Waals surface area contributed by atoms with Gasteiger partial charge in [-0.05, 0) is 36.2 Å². The largest absolute Gasteiger partial charge is 0.487 e. The van der Waals surface area contributed by atoms with Crippen molar-refractivity contribution in [1.82, 2.24) is 15.2 Å². The van der Waals surface area contributed by atoms with Gasteiger partial charge in [0.05, 0.1) is 5.69 Å². The molecule has 0 aliphatic carbocycles. The van der Waals surface area contributed by atoms with E-state index >= 15 is 0 Å². The van der Waals surface area contributed by atoms with Crippen molar-refractivity contribution in [2.75, 3.05) is 11.9 Å². The molecule has 3 aromatic rings. The summed E-state index contributed by atoms with van der Waals surface area (Å²) >= 11 is 3.30. The highest BCUT2D eigenvalue weighted by Crippen LogP contribution is 2.28. The molecule has 5 nitrogen and oxygen atoms in total. The monoisotopic (exact) mass is 372 g/mol. The minimum atomic E-state index is 0.479. The van der Waals surface area contributed by atoms with Crippen LogP contribution < -0.4 is 10.1 Å². The third kappa shape index (κ3) is 5.72. The molecule has 0 saturated carbocycles. The third-order valence-corrected chi connectivity index (χ3v) is 5.42. The van der Waals surface area contributed by atoms with Crippen LogP contribution in [0.25, 0.3) is 0 Å². The predicted molar refractivity (Wildman–Crippen MR) is 103 cm³/mol. The van der Waals surface area contributed by atoms with Gasteiger partial charge in [-0.2, -0.15) is 0 Å². The van der Waals surface area contributed by atoms with Crippen LogP contribution >= 0.6 is 23.1 Å². The van der Waals surface area contributed by atoms with Crippen molar-refractivity contribution >= 4 is 28.2 Å². The zero-order valence-electron chi connectivity index (χ0n) is 14.0. The van der Waals surface area contributed by atoms with Crippen molar-refractivity contribution in [3.63, 3.8) is 0 Å². The maximum absolute atomic E-state index is 5.75. The molecule has 3 rings (SSSR count). The van der Waals surface area contributed by atoms with Gasteiger partial charge in [0.25, 0.3) is 0 Å². The molecule has 0 fully saturated rings. The molecule has 1 N–H and O–H groups in total. The number of nitrogens with zero attached hydrogens (tertiary/aromatic N) is 3. The van der Waals surface area contributed by atoms with Gasteiger partial charge in [0.15, 0.2) is 4.34 Å². The van der Waals surface area contributed by atoms with Crippen molar-refractivity contribution in [2.24, 2.45) is 0 Å². The second-order valence-corrected chi connectivity index (χ2v) is 7.54. The van der Waals surface area contributed by atoms with Crippen LogP contribution in [0.3, 0.4) is 0 Å². The van der Waals surface area contributed by atoms with Crippen LogP contribution in [0.5, 0.6) is 5.75 Å². The summed E-state index contributed by atoms with van der Waals surface area (Å²) in [5, 5.41) is 12.5. The molecule has 25 heavy (non-hydrogen) atoms. The quantitative estimate of drug-likeness (QED) is 0.553. The highest BCUT2D eigenvalue weighted by atomic mass is 32.2. The van der Waals surface area contributed by atoms with E-state index < -0.39 is 0 Å². The van der Waals surface area contributed by atoms with Gasteiger partial charge in [0.2, 0.25) is 5.13 Å². The standard InChI is InChI=1S/C18H20N4OS2/c1-2-10-20-17-21-22-18(25-17)24-13-14-6-8-16(9-7-14)23-12-15-5-3-4-11-19-15/h3-9,11H,2,10,12-13H2,1H3,(H,20,21). The van der Waals surface area contributed by atoms with Crippen LogP contribution in [0.2, 0.25) is 0 Å². The second kappa shape index (κ2) is 9.39. The number of thioether (sulfide) groups is 1. The summed E-state index contributed by atoms with van der Waals surface area (Å²) in [5.41, 5.74) is 2.15. The smallest absolute Gasteiger partial charge is 0.206 e. The molecule has 2 heterocycles. The molecule has 1 aromatic carbocycles. The first kappa shape index (κ1) is 17.7. The van der Waals surface area contributed by atoms with Gasteiger partial charge in [-0.15, -0.1) is 10.2 Å². The first-order valence-corrected chi connectivity index (χ1v) is 9.95. The summed E-state index contributed by atoms with van der Waals surface area (Å²) < 4.78 is 6.73.